The molecular weight excluding hydrogens is 403 g/mol. The van der Waals surface area contributed by atoms with Gasteiger partial charge in [0.05, 0.1) is 35.5 Å². The molecule has 0 spiro atoms. The van der Waals surface area contributed by atoms with Gasteiger partial charge in [0.25, 0.3) is 11.8 Å². The van der Waals surface area contributed by atoms with Gasteiger partial charge < -0.3 is 19.3 Å². The Kier molecular flexibility index (Phi) is 5.44. The van der Waals surface area contributed by atoms with Crippen LogP contribution in [0, 0.1) is 0 Å². The van der Waals surface area contributed by atoms with E-state index in [2.05, 4.69) is 0 Å². The average Bonchev–Trinajstić information content (AvgIpc) is 2.74. The summed E-state index contributed by atoms with van der Waals surface area (Å²) in [5.41, 5.74) is 1.01. The Morgan fingerprint density at radius 1 is 1.00 bits per heavy atom. The van der Waals surface area contributed by atoms with Gasteiger partial charge in [0.1, 0.15) is 5.75 Å². The highest BCUT2D eigenvalue weighted by atomic mass is 35.5. The van der Waals surface area contributed by atoms with Gasteiger partial charge in [-0.2, -0.15) is 0 Å². The summed E-state index contributed by atoms with van der Waals surface area (Å²) in [6.45, 7) is 2.15. The standard InChI is InChI=1S/C20H18Cl2N2O4/c21-14-6-5-13(11-15(14)22)19(25)24-12-18(20(26)23-7-9-27-10-8-23)28-17-4-2-1-3-16(17)24/h1-6,11,18H,7-10,12H2. The molecule has 2 aliphatic rings. The second kappa shape index (κ2) is 7.99. The fourth-order valence-electron chi connectivity index (χ4n) is 3.33. The third-order valence-corrected chi connectivity index (χ3v) is 5.52. The molecule has 1 unspecified atom stereocenters. The second-order valence-corrected chi connectivity index (χ2v) is 7.37. The number of carbonyl (C=O) groups is 2. The molecule has 1 fully saturated rings. The molecule has 0 bridgehead atoms. The predicted octanol–water partition coefficient (Wildman–Crippen LogP) is 3.26. The van der Waals surface area contributed by atoms with Crippen LogP contribution in [0.4, 0.5) is 5.69 Å². The molecule has 146 valence electrons. The summed E-state index contributed by atoms with van der Waals surface area (Å²) in [7, 11) is 0. The van der Waals surface area contributed by atoms with Crippen LogP contribution in [0.1, 0.15) is 10.4 Å². The van der Waals surface area contributed by atoms with Crippen LogP contribution >= 0.6 is 23.2 Å². The van der Waals surface area contributed by atoms with E-state index >= 15 is 0 Å². The fraction of sp³-hybridized carbons (Fsp3) is 0.300. The van der Waals surface area contributed by atoms with Crippen molar-refractivity contribution in [2.75, 3.05) is 37.7 Å². The fourth-order valence-corrected chi connectivity index (χ4v) is 3.63. The first-order chi connectivity index (χ1) is 13.5. The van der Waals surface area contributed by atoms with Crippen molar-refractivity contribution in [2.24, 2.45) is 0 Å². The molecule has 2 aromatic carbocycles. The van der Waals surface area contributed by atoms with Gasteiger partial charge in [-0.05, 0) is 30.3 Å². The minimum atomic E-state index is -0.778. The molecule has 2 heterocycles. The zero-order chi connectivity index (χ0) is 19.7. The Morgan fingerprint density at radius 2 is 1.75 bits per heavy atom. The van der Waals surface area contributed by atoms with Crippen LogP contribution in [-0.2, 0) is 9.53 Å². The average molecular weight is 421 g/mol. The molecule has 4 rings (SSSR count). The van der Waals surface area contributed by atoms with E-state index in [1.165, 1.54) is 6.07 Å². The van der Waals surface area contributed by atoms with Crippen molar-refractivity contribution >= 4 is 40.7 Å². The molecule has 0 radical (unpaired) electrons. The predicted molar refractivity (Wildman–Crippen MR) is 106 cm³/mol. The molecule has 8 heteroatoms. The Balaban J connectivity index is 1.64. The quantitative estimate of drug-likeness (QED) is 0.747. The number of morpholine rings is 1. The van der Waals surface area contributed by atoms with Crippen LogP contribution in [0.15, 0.2) is 42.5 Å². The molecule has 0 aromatic heterocycles. The number of hydrogen-bond acceptors (Lipinski definition) is 4. The summed E-state index contributed by atoms with van der Waals surface area (Å²) in [6.07, 6.45) is -0.778. The number of amides is 2. The van der Waals surface area contributed by atoms with E-state index in [4.69, 9.17) is 32.7 Å². The molecule has 2 aliphatic heterocycles. The van der Waals surface area contributed by atoms with E-state index in [0.717, 1.165) is 0 Å². The van der Waals surface area contributed by atoms with Crippen LogP contribution in [0.2, 0.25) is 10.0 Å². The lowest BCUT2D eigenvalue weighted by Crippen LogP contribution is -2.54. The van der Waals surface area contributed by atoms with Gasteiger partial charge in [-0.25, -0.2) is 0 Å². The normalized spacial score (nSPS) is 19.0. The van der Waals surface area contributed by atoms with E-state index in [0.29, 0.717) is 53.3 Å². The SMILES string of the molecule is O=C(C1CN(C(=O)c2ccc(Cl)c(Cl)c2)c2ccccc2O1)N1CCOCC1. The van der Waals surface area contributed by atoms with E-state index < -0.39 is 6.10 Å². The van der Waals surface area contributed by atoms with Crippen molar-refractivity contribution in [2.45, 2.75) is 6.10 Å². The van der Waals surface area contributed by atoms with Crippen molar-refractivity contribution < 1.29 is 19.1 Å². The number of para-hydroxylation sites is 2. The van der Waals surface area contributed by atoms with Crippen molar-refractivity contribution in [3.63, 3.8) is 0 Å². The maximum Gasteiger partial charge on any atom is 0.265 e. The first-order valence-electron chi connectivity index (χ1n) is 8.94. The summed E-state index contributed by atoms with van der Waals surface area (Å²) in [5.74, 6) is 0.0765. The third kappa shape index (κ3) is 3.68. The maximum atomic E-state index is 13.2. The smallest absolute Gasteiger partial charge is 0.265 e. The highest BCUT2D eigenvalue weighted by Crippen LogP contribution is 2.35. The monoisotopic (exact) mass is 420 g/mol. The molecule has 0 saturated carbocycles. The van der Waals surface area contributed by atoms with Crippen LogP contribution in [0.3, 0.4) is 0 Å². The van der Waals surface area contributed by atoms with Crippen LogP contribution in [0.5, 0.6) is 5.75 Å². The van der Waals surface area contributed by atoms with Gasteiger partial charge in [-0.3, -0.25) is 9.59 Å². The van der Waals surface area contributed by atoms with Crippen molar-refractivity contribution in [1.82, 2.24) is 4.90 Å². The minimum absolute atomic E-state index is 0.117. The lowest BCUT2D eigenvalue weighted by atomic mass is 10.1. The Labute approximate surface area is 172 Å². The number of benzene rings is 2. The number of hydrogen-bond donors (Lipinski definition) is 0. The van der Waals surface area contributed by atoms with Gasteiger partial charge in [-0.1, -0.05) is 35.3 Å². The van der Waals surface area contributed by atoms with Crippen molar-refractivity contribution in [3.05, 3.63) is 58.1 Å². The van der Waals surface area contributed by atoms with Gasteiger partial charge in [0.2, 0.25) is 0 Å². The summed E-state index contributed by atoms with van der Waals surface area (Å²) in [4.78, 5) is 29.4. The summed E-state index contributed by atoms with van der Waals surface area (Å²) < 4.78 is 11.2. The number of carbonyl (C=O) groups excluding carboxylic acids is 2. The van der Waals surface area contributed by atoms with E-state index in [9.17, 15) is 9.59 Å². The van der Waals surface area contributed by atoms with Gasteiger partial charge in [-0.15, -0.1) is 0 Å². The van der Waals surface area contributed by atoms with Gasteiger partial charge >= 0.3 is 0 Å². The van der Waals surface area contributed by atoms with Gasteiger partial charge in [0.15, 0.2) is 6.10 Å². The van der Waals surface area contributed by atoms with E-state index in [1.54, 1.807) is 34.1 Å². The third-order valence-electron chi connectivity index (χ3n) is 4.78. The molecular formula is C20H18Cl2N2O4. The van der Waals surface area contributed by atoms with E-state index in [1.807, 2.05) is 12.1 Å². The number of fused-ring (bicyclic) bond motifs is 1. The maximum absolute atomic E-state index is 13.2. The highest BCUT2D eigenvalue weighted by molar-refractivity contribution is 6.42. The Morgan fingerprint density at radius 3 is 2.50 bits per heavy atom. The number of ether oxygens (including phenoxy) is 2. The summed E-state index contributed by atoms with van der Waals surface area (Å²) >= 11 is 12.0. The first kappa shape index (κ1) is 19.1. The van der Waals surface area contributed by atoms with Gasteiger partial charge in [0, 0.05) is 18.7 Å². The molecule has 2 aromatic rings. The number of halogens is 2. The van der Waals surface area contributed by atoms with Crippen LogP contribution < -0.4 is 9.64 Å². The largest absolute Gasteiger partial charge is 0.476 e. The van der Waals surface area contributed by atoms with E-state index in [-0.39, 0.29) is 18.4 Å². The molecule has 1 saturated heterocycles. The zero-order valence-corrected chi connectivity index (χ0v) is 16.4. The summed E-state index contributed by atoms with van der Waals surface area (Å²) in [5, 5.41) is 0.677. The molecule has 1 atom stereocenters. The highest BCUT2D eigenvalue weighted by Gasteiger charge is 2.36. The second-order valence-electron chi connectivity index (χ2n) is 6.56. The summed E-state index contributed by atoms with van der Waals surface area (Å²) in [6, 6.07) is 11.9. The molecule has 0 aliphatic carbocycles. The number of rotatable bonds is 2. The zero-order valence-electron chi connectivity index (χ0n) is 14.9. The Bertz CT molecular complexity index is 915. The van der Waals surface area contributed by atoms with Crippen molar-refractivity contribution in [1.29, 1.82) is 0 Å². The first-order valence-corrected chi connectivity index (χ1v) is 9.69. The molecule has 0 N–H and O–H groups in total. The molecule has 28 heavy (non-hydrogen) atoms. The van der Waals surface area contributed by atoms with Crippen LogP contribution in [-0.4, -0.2) is 55.7 Å². The Hall–Kier alpha value is -2.28. The lowest BCUT2D eigenvalue weighted by Gasteiger charge is -2.37. The number of nitrogens with zero attached hydrogens (tertiary/aromatic N) is 2. The molecule has 6 nitrogen and oxygen atoms in total. The number of anilines is 1. The van der Waals surface area contributed by atoms with Crippen LogP contribution in [0.25, 0.3) is 0 Å². The van der Waals surface area contributed by atoms with Crippen molar-refractivity contribution in [3.8, 4) is 5.75 Å². The minimum Gasteiger partial charge on any atom is -0.476 e. The lowest BCUT2D eigenvalue weighted by molar-refractivity contribution is -0.142. The molecule has 2 amide bonds. The topological polar surface area (TPSA) is 59.1 Å².